The Bertz CT molecular complexity index is 1030. The van der Waals surface area contributed by atoms with Gasteiger partial charge >= 0.3 is 0 Å². The van der Waals surface area contributed by atoms with Crippen molar-refractivity contribution >= 4 is 32.4 Å². The van der Waals surface area contributed by atoms with Gasteiger partial charge in [0.1, 0.15) is 10.6 Å². The van der Waals surface area contributed by atoms with Crippen LogP contribution in [0, 0.1) is 13.5 Å². The van der Waals surface area contributed by atoms with Crippen molar-refractivity contribution in [2.24, 2.45) is 0 Å². The first-order chi connectivity index (χ1) is 12.9. The number of thiophene rings is 1. The lowest BCUT2D eigenvalue weighted by atomic mass is 10.1. The molecule has 0 aliphatic heterocycles. The first-order valence-electron chi connectivity index (χ1n) is 8.11. The van der Waals surface area contributed by atoms with Crippen molar-refractivity contribution in [3.63, 3.8) is 0 Å². The van der Waals surface area contributed by atoms with Gasteiger partial charge in [-0.15, -0.1) is 11.3 Å². The van der Waals surface area contributed by atoms with Crippen LogP contribution in [0.3, 0.4) is 0 Å². The van der Waals surface area contributed by atoms with Crippen LogP contribution in [0.4, 0.5) is 10.8 Å². The smallest absolute Gasteiger partial charge is 0.246 e. The van der Waals surface area contributed by atoms with E-state index in [-0.39, 0.29) is 0 Å². The topological polar surface area (TPSA) is 61.1 Å². The van der Waals surface area contributed by atoms with Gasteiger partial charge < -0.3 is 19.1 Å². The van der Waals surface area contributed by atoms with Gasteiger partial charge in [-0.2, -0.15) is 0 Å². The zero-order chi connectivity index (χ0) is 19.7. The van der Waals surface area contributed by atoms with Gasteiger partial charge in [-0.25, -0.2) is 14.8 Å². The molecule has 2 aromatic heterocycles. The highest BCUT2D eigenvalue weighted by Crippen LogP contribution is 2.43. The third kappa shape index (κ3) is 3.11. The van der Waals surface area contributed by atoms with E-state index in [1.807, 2.05) is 38.1 Å². The molecule has 0 atom stereocenters. The summed E-state index contributed by atoms with van der Waals surface area (Å²) in [5, 5.41) is 1.54. The molecule has 27 heavy (non-hydrogen) atoms. The molecule has 0 unspecified atom stereocenters. The number of nitrogens with zero attached hydrogens (tertiary/aromatic N) is 4. The Morgan fingerprint density at radius 1 is 1.04 bits per heavy atom. The fraction of sp³-hybridized carbons (Fsp3) is 0.316. The molecule has 3 rings (SSSR count). The summed E-state index contributed by atoms with van der Waals surface area (Å²) < 4.78 is 16.3. The summed E-state index contributed by atoms with van der Waals surface area (Å²) in [5.74, 6) is 2.88. The van der Waals surface area contributed by atoms with Crippen LogP contribution in [0.2, 0.25) is 0 Å². The molecule has 1 aromatic carbocycles. The van der Waals surface area contributed by atoms with Crippen LogP contribution in [0.25, 0.3) is 26.4 Å². The Hall–Kier alpha value is -3.05. The predicted molar refractivity (Wildman–Crippen MR) is 108 cm³/mol. The third-order valence-corrected chi connectivity index (χ3v) is 5.27. The predicted octanol–water partition coefficient (Wildman–Crippen LogP) is 4.31. The summed E-state index contributed by atoms with van der Waals surface area (Å²) in [6.45, 7) is 9.32. The van der Waals surface area contributed by atoms with E-state index >= 15 is 0 Å². The van der Waals surface area contributed by atoms with Gasteiger partial charge in [-0.3, -0.25) is 0 Å². The fourth-order valence-electron chi connectivity index (χ4n) is 2.88. The highest BCUT2D eigenvalue weighted by atomic mass is 32.1. The number of ether oxygens (including phenoxy) is 3. The molecule has 8 heteroatoms. The highest BCUT2D eigenvalue weighted by Gasteiger charge is 2.20. The first-order valence-corrected chi connectivity index (χ1v) is 8.93. The molecule has 0 aliphatic rings. The van der Waals surface area contributed by atoms with Crippen molar-refractivity contribution in [2.45, 2.75) is 6.92 Å². The van der Waals surface area contributed by atoms with E-state index < -0.39 is 0 Å². The van der Waals surface area contributed by atoms with Gasteiger partial charge in [0.2, 0.25) is 10.8 Å². The molecular formula is C19H20N4O3S. The maximum absolute atomic E-state index is 7.39. The summed E-state index contributed by atoms with van der Waals surface area (Å²) in [4.78, 5) is 15.8. The molecule has 0 radical (unpaired) electrons. The van der Waals surface area contributed by atoms with Crippen LogP contribution in [-0.4, -0.2) is 45.4 Å². The Balaban J connectivity index is 2.31. The minimum Gasteiger partial charge on any atom is -0.493 e. The minimum atomic E-state index is 0.514. The number of hydrogen-bond acceptors (Lipinski definition) is 7. The second-order valence-electron chi connectivity index (χ2n) is 6.00. The summed E-state index contributed by atoms with van der Waals surface area (Å²) in [5.41, 5.74) is 1.65. The van der Waals surface area contributed by atoms with Crippen molar-refractivity contribution in [3.05, 3.63) is 29.1 Å². The van der Waals surface area contributed by atoms with Gasteiger partial charge in [0.05, 0.1) is 27.9 Å². The van der Waals surface area contributed by atoms with E-state index in [0.717, 1.165) is 27.2 Å². The summed E-state index contributed by atoms with van der Waals surface area (Å²) in [6, 6.07) is 3.64. The molecule has 3 aromatic rings. The number of hydrogen-bond donors (Lipinski definition) is 0. The van der Waals surface area contributed by atoms with Gasteiger partial charge in [-0.1, -0.05) is 0 Å². The average Bonchev–Trinajstić information content (AvgIpc) is 3.01. The molecule has 0 N–H and O–H groups in total. The molecule has 140 valence electrons. The van der Waals surface area contributed by atoms with Crippen LogP contribution in [0.1, 0.15) is 5.56 Å². The number of benzene rings is 1. The molecule has 0 saturated carbocycles. The first kappa shape index (κ1) is 18.7. The Morgan fingerprint density at radius 3 is 2.15 bits per heavy atom. The van der Waals surface area contributed by atoms with Gasteiger partial charge in [0, 0.05) is 25.0 Å². The SMILES string of the molecule is [C-]#[N+]c1sc2nc(-c3cc(OC)c(OC)c(OC)c3)nc(N(C)C)c2c1C. The maximum Gasteiger partial charge on any atom is 0.246 e. The van der Waals surface area contributed by atoms with E-state index in [1.54, 1.807) is 21.3 Å². The summed E-state index contributed by atoms with van der Waals surface area (Å²) in [6.07, 6.45) is 0. The molecule has 0 saturated heterocycles. The lowest BCUT2D eigenvalue weighted by molar-refractivity contribution is 0.324. The van der Waals surface area contributed by atoms with Crippen LogP contribution >= 0.6 is 11.3 Å². The number of methoxy groups -OCH3 is 3. The number of rotatable bonds is 5. The molecule has 0 bridgehead atoms. The van der Waals surface area contributed by atoms with E-state index in [1.165, 1.54) is 11.3 Å². The van der Waals surface area contributed by atoms with E-state index in [2.05, 4.69) is 4.85 Å². The van der Waals surface area contributed by atoms with Crippen molar-refractivity contribution in [3.8, 4) is 28.6 Å². The van der Waals surface area contributed by atoms with Gasteiger partial charge in [-0.05, 0) is 24.6 Å². The molecule has 0 amide bonds. The number of fused-ring (bicyclic) bond motifs is 1. The summed E-state index contributed by atoms with van der Waals surface area (Å²) in [7, 11) is 8.56. The molecule has 7 nitrogen and oxygen atoms in total. The number of aromatic nitrogens is 2. The average molecular weight is 384 g/mol. The quantitative estimate of drug-likeness (QED) is 0.611. The van der Waals surface area contributed by atoms with Crippen LogP contribution in [0.15, 0.2) is 12.1 Å². The number of aryl methyl sites for hydroxylation is 1. The maximum atomic E-state index is 7.39. The van der Waals surface area contributed by atoms with E-state index in [0.29, 0.717) is 28.1 Å². The van der Waals surface area contributed by atoms with Crippen LogP contribution < -0.4 is 19.1 Å². The zero-order valence-electron chi connectivity index (χ0n) is 16.1. The largest absolute Gasteiger partial charge is 0.493 e. The van der Waals surface area contributed by atoms with Crippen molar-refractivity contribution in [1.82, 2.24) is 9.97 Å². The Morgan fingerprint density at radius 2 is 1.67 bits per heavy atom. The fourth-order valence-corrected chi connectivity index (χ4v) is 3.84. The highest BCUT2D eigenvalue weighted by molar-refractivity contribution is 7.22. The lowest BCUT2D eigenvalue weighted by Gasteiger charge is -2.16. The second kappa shape index (κ2) is 7.29. The Kier molecular flexibility index (Phi) is 5.06. The van der Waals surface area contributed by atoms with E-state index in [4.69, 9.17) is 30.8 Å². The van der Waals surface area contributed by atoms with Gasteiger partial charge in [0.25, 0.3) is 0 Å². The van der Waals surface area contributed by atoms with Crippen LogP contribution in [-0.2, 0) is 0 Å². The van der Waals surface area contributed by atoms with Crippen molar-refractivity contribution in [1.29, 1.82) is 0 Å². The van der Waals surface area contributed by atoms with Crippen LogP contribution in [0.5, 0.6) is 17.2 Å². The standard InChI is InChI=1S/C19H20N4O3S/c1-10-14-17(23(3)4)21-16(22-19(14)27-18(10)20-2)11-8-12(24-5)15(26-7)13(9-11)25-6/h8-9H,1,3-7H3. The zero-order valence-corrected chi connectivity index (χ0v) is 16.9. The minimum absolute atomic E-state index is 0.514. The molecule has 0 spiro atoms. The second-order valence-corrected chi connectivity index (χ2v) is 6.98. The van der Waals surface area contributed by atoms with Gasteiger partial charge in [0.15, 0.2) is 17.3 Å². The molecule has 0 fully saturated rings. The van der Waals surface area contributed by atoms with Crippen molar-refractivity contribution in [2.75, 3.05) is 40.3 Å². The van der Waals surface area contributed by atoms with Crippen molar-refractivity contribution < 1.29 is 14.2 Å². The third-order valence-electron chi connectivity index (χ3n) is 4.19. The number of anilines is 1. The summed E-state index contributed by atoms with van der Waals surface area (Å²) >= 11 is 1.37. The Labute approximate surface area is 162 Å². The lowest BCUT2D eigenvalue weighted by Crippen LogP contribution is -2.12. The van der Waals surface area contributed by atoms with E-state index in [9.17, 15) is 0 Å². The monoisotopic (exact) mass is 384 g/mol. The molecular weight excluding hydrogens is 364 g/mol. The normalized spacial score (nSPS) is 10.6. The molecule has 2 heterocycles. The molecule has 0 aliphatic carbocycles.